The lowest BCUT2D eigenvalue weighted by molar-refractivity contribution is -0.119. The summed E-state index contributed by atoms with van der Waals surface area (Å²) in [7, 11) is 1.57. The summed E-state index contributed by atoms with van der Waals surface area (Å²) in [5.74, 6) is 1.54. The molecular weight excluding hydrogens is 428 g/mol. The van der Waals surface area contributed by atoms with Crippen LogP contribution in [0.25, 0.3) is 0 Å². The van der Waals surface area contributed by atoms with Crippen LogP contribution >= 0.6 is 0 Å². The highest BCUT2D eigenvalue weighted by molar-refractivity contribution is 5.97. The fourth-order valence-electron chi connectivity index (χ4n) is 4.35. The normalized spacial score (nSPS) is 15.0. The number of carbonyl (C=O) groups is 2. The van der Waals surface area contributed by atoms with Crippen LogP contribution in [-0.4, -0.2) is 37.0 Å². The Bertz CT molecular complexity index is 1190. The molecule has 3 aromatic rings. The quantitative estimate of drug-likeness (QED) is 0.541. The van der Waals surface area contributed by atoms with Crippen LogP contribution in [0.2, 0.25) is 0 Å². The van der Waals surface area contributed by atoms with Crippen molar-refractivity contribution in [2.24, 2.45) is 5.92 Å². The number of ether oxygens (including phenoxy) is 2. The first-order chi connectivity index (χ1) is 16.6. The summed E-state index contributed by atoms with van der Waals surface area (Å²) in [6, 6.07) is 23.1. The summed E-state index contributed by atoms with van der Waals surface area (Å²) in [6.07, 6.45) is 1.92. The van der Waals surface area contributed by atoms with Crippen molar-refractivity contribution in [3.05, 3.63) is 89.5 Å². The molecule has 1 aliphatic carbocycles. The van der Waals surface area contributed by atoms with Gasteiger partial charge < -0.3 is 19.3 Å². The Morgan fingerprint density at radius 2 is 1.79 bits per heavy atom. The Morgan fingerprint density at radius 3 is 2.56 bits per heavy atom. The van der Waals surface area contributed by atoms with Crippen molar-refractivity contribution in [3.8, 4) is 11.5 Å². The molecule has 2 aliphatic rings. The molecule has 5 rings (SSSR count). The van der Waals surface area contributed by atoms with Gasteiger partial charge in [-0.1, -0.05) is 36.4 Å². The second-order valence-electron chi connectivity index (χ2n) is 8.75. The number of nitrogens with zero attached hydrogens (tertiary/aromatic N) is 2. The number of carbonyl (C=O) groups excluding carboxylic acids is 2. The van der Waals surface area contributed by atoms with Gasteiger partial charge in [-0.2, -0.15) is 0 Å². The molecule has 1 aliphatic heterocycles. The average molecular weight is 457 g/mol. The lowest BCUT2D eigenvalue weighted by atomic mass is 10.1. The van der Waals surface area contributed by atoms with E-state index >= 15 is 0 Å². The van der Waals surface area contributed by atoms with E-state index < -0.39 is 0 Å². The van der Waals surface area contributed by atoms with Crippen LogP contribution in [0.3, 0.4) is 0 Å². The Labute approximate surface area is 199 Å². The van der Waals surface area contributed by atoms with E-state index in [4.69, 9.17) is 9.47 Å². The zero-order chi connectivity index (χ0) is 23.5. The summed E-state index contributed by atoms with van der Waals surface area (Å²) in [5, 5.41) is 0. The monoisotopic (exact) mass is 456 g/mol. The molecule has 6 heteroatoms. The van der Waals surface area contributed by atoms with Crippen LogP contribution < -0.4 is 14.4 Å². The maximum Gasteiger partial charge on any atom is 0.258 e. The Kier molecular flexibility index (Phi) is 6.21. The molecule has 0 N–H and O–H groups in total. The first-order valence-electron chi connectivity index (χ1n) is 11.7. The molecule has 174 valence electrons. The van der Waals surface area contributed by atoms with Crippen molar-refractivity contribution >= 4 is 17.5 Å². The molecule has 0 saturated heterocycles. The first kappa shape index (κ1) is 22.0. The maximum absolute atomic E-state index is 13.3. The number of methoxy groups -OCH3 is 1. The van der Waals surface area contributed by atoms with E-state index in [2.05, 4.69) is 6.07 Å². The Balaban J connectivity index is 1.40. The highest BCUT2D eigenvalue weighted by Gasteiger charge is 2.34. The second kappa shape index (κ2) is 9.59. The summed E-state index contributed by atoms with van der Waals surface area (Å²) < 4.78 is 11.3. The van der Waals surface area contributed by atoms with Crippen LogP contribution in [0.5, 0.6) is 11.5 Å². The van der Waals surface area contributed by atoms with Crippen LogP contribution in [0.4, 0.5) is 5.69 Å². The van der Waals surface area contributed by atoms with Gasteiger partial charge in [0.05, 0.1) is 25.8 Å². The van der Waals surface area contributed by atoms with Crippen molar-refractivity contribution in [2.45, 2.75) is 25.9 Å². The zero-order valence-corrected chi connectivity index (χ0v) is 19.3. The lowest BCUT2D eigenvalue weighted by Gasteiger charge is -2.24. The number of rotatable bonds is 6. The van der Waals surface area contributed by atoms with Gasteiger partial charge >= 0.3 is 0 Å². The minimum Gasteiger partial charge on any atom is -0.496 e. The van der Waals surface area contributed by atoms with Gasteiger partial charge in [0.25, 0.3) is 5.91 Å². The molecular formula is C28H28N2O4. The van der Waals surface area contributed by atoms with Crippen molar-refractivity contribution in [3.63, 3.8) is 0 Å². The van der Waals surface area contributed by atoms with Crippen molar-refractivity contribution in [1.82, 2.24) is 4.90 Å². The van der Waals surface area contributed by atoms with Gasteiger partial charge in [0.15, 0.2) is 0 Å². The molecule has 34 heavy (non-hydrogen) atoms. The van der Waals surface area contributed by atoms with Gasteiger partial charge in [0.1, 0.15) is 18.1 Å². The topological polar surface area (TPSA) is 59.1 Å². The molecule has 0 atom stereocenters. The molecule has 1 saturated carbocycles. The molecule has 0 radical (unpaired) electrons. The van der Waals surface area contributed by atoms with Gasteiger partial charge in [-0.25, -0.2) is 0 Å². The van der Waals surface area contributed by atoms with Crippen LogP contribution in [-0.2, 0) is 17.9 Å². The number of anilines is 1. The number of benzene rings is 3. The SMILES string of the molecule is COc1ccccc1C(=O)N1CCOc2ccc(CN(C(=O)C3CC3)c3ccccc3)cc2C1. The summed E-state index contributed by atoms with van der Waals surface area (Å²) in [4.78, 5) is 30.0. The number of para-hydroxylation sites is 2. The molecule has 0 aromatic heterocycles. The van der Waals surface area contributed by atoms with Gasteiger partial charge in [0.2, 0.25) is 5.91 Å². The van der Waals surface area contributed by atoms with E-state index in [0.717, 1.165) is 35.4 Å². The fourth-order valence-corrected chi connectivity index (χ4v) is 4.35. The maximum atomic E-state index is 13.3. The molecule has 0 bridgehead atoms. The zero-order valence-electron chi connectivity index (χ0n) is 19.3. The fraction of sp³-hybridized carbons (Fsp3) is 0.286. The minimum atomic E-state index is -0.0888. The first-order valence-corrected chi connectivity index (χ1v) is 11.7. The number of fused-ring (bicyclic) bond motifs is 1. The van der Waals surface area contributed by atoms with E-state index in [1.165, 1.54) is 0 Å². The van der Waals surface area contributed by atoms with Crippen LogP contribution in [0.15, 0.2) is 72.8 Å². The second-order valence-corrected chi connectivity index (χ2v) is 8.75. The summed E-state index contributed by atoms with van der Waals surface area (Å²) >= 11 is 0. The smallest absolute Gasteiger partial charge is 0.258 e. The lowest BCUT2D eigenvalue weighted by Crippen LogP contribution is -2.33. The van der Waals surface area contributed by atoms with E-state index in [9.17, 15) is 9.59 Å². The standard InChI is InChI=1S/C28H28N2O4/c1-33-26-10-6-5-9-24(26)28(32)29-15-16-34-25-14-11-20(17-22(25)19-29)18-30(27(31)21-12-13-21)23-7-3-2-4-8-23/h2-11,14,17,21H,12-13,15-16,18-19H2,1H3. The van der Waals surface area contributed by atoms with E-state index in [-0.39, 0.29) is 17.7 Å². The predicted molar refractivity (Wildman–Crippen MR) is 130 cm³/mol. The van der Waals surface area contributed by atoms with E-state index in [1.54, 1.807) is 24.1 Å². The third-order valence-electron chi connectivity index (χ3n) is 6.33. The van der Waals surface area contributed by atoms with Gasteiger partial charge in [-0.15, -0.1) is 0 Å². The molecule has 0 unspecified atom stereocenters. The Morgan fingerprint density at radius 1 is 1.03 bits per heavy atom. The summed E-state index contributed by atoms with van der Waals surface area (Å²) in [5.41, 5.74) is 3.38. The van der Waals surface area contributed by atoms with E-state index in [1.807, 2.05) is 59.5 Å². The molecule has 6 nitrogen and oxygen atoms in total. The highest BCUT2D eigenvalue weighted by Crippen LogP contribution is 2.34. The average Bonchev–Trinajstić information content (AvgIpc) is 3.74. The third-order valence-corrected chi connectivity index (χ3v) is 6.33. The number of hydrogen-bond acceptors (Lipinski definition) is 4. The van der Waals surface area contributed by atoms with Gasteiger partial charge in [-0.3, -0.25) is 9.59 Å². The Hall–Kier alpha value is -3.80. The van der Waals surface area contributed by atoms with Gasteiger partial charge in [0, 0.05) is 23.7 Å². The van der Waals surface area contributed by atoms with Crippen molar-refractivity contribution in [2.75, 3.05) is 25.2 Å². The largest absolute Gasteiger partial charge is 0.496 e. The number of hydrogen-bond donors (Lipinski definition) is 0. The van der Waals surface area contributed by atoms with E-state index in [0.29, 0.717) is 37.6 Å². The van der Waals surface area contributed by atoms with Crippen LogP contribution in [0, 0.1) is 5.92 Å². The highest BCUT2D eigenvalue weighted by atomic mass is 16.5. The molecule has 1 fully saturated rings. The molecule has 0 spiro atoms. The molecule has 1 heterocycles. The third kappa shape index (κ3) is 4.62. The van der Waals surface area contributed by atoms with Crippen molar-refractivity contribution < 1.29 is 19.1 Å². The summed E-state index contributed by atoms with van der Waals surface area (Å²) in [6.45, 7) is 1.82. The minimum absolute atomic E-state index is 0.0888. The van der Waals surface area contributed by atoms with Crippen LogP contribution in [0.1, 0.15) is 34.3 Å². The number of amides is 2. The van der Waals surface area contributed by atoms with Crippen molar-refractivity contribution in [1.29, 1.82) is 0 Å². The molecule has 3 aromatic carbocycles. The van der Waals surface area contributed by atoms with Gasteiger partial charge in [-0.05, 0) is 54.8 Å². The predicted octanol–water partition coefficient (Wildman–Crippen LogP) is 4.67. The molecule has 2 amide bonds.